The fourth-order valence-electron chi connectivity index (χ4n) is 1.40. The van der Waals surface area contributed by atoms with Crippen LogP contribution in [-0.2, 0) is 0 Å². The van der Waals surface area contributed by atoms with E-state index in [1.54, 1.807) is 0 Å². The van der Waals surface area contributed by atoms with Crippen LogP contribution >= 0.6 is 0 Å². The van der Waals surface area contributed by atoms with Gasteiger partial charge < -0.3 is 5.11 Å². The second kappa shape index (κ2) is 3.30. The van der Waals surface area contributed by atoms with Gasteiger partial charge in [-0.25, -0.2) is 13.6 Å². The highest BCUT2D eigenvalue weighted by molar-refractivity contribution is 6.02. The lowest BCUT2D eigenvalue weighted by Crippen LogP contribution is -1.96. The minimum absolute atomic E-state index is 0.0558. The predicted octanol–water partition coefficient (Wildman–Crippen LogP) is 2.20. The van der Waals surface area contributed by atoms with Gasteiger partial charge in [-0.1, -0.05) is 12.1 Å². The molecule has 0 bridgehead atoms. The Morgan fingerprint density at radius 3 is 2.80 bits per heavy atom. The van der Waals surface area contributed by atoms with Crippen molar-refractivity contribution < 1.29 is 18.7 Å². The minimum atomic E-state index is -2.70. The molecule has 0 radical (unpaired) electrons. The van der Waals surface area contributed by atoms with E-state index in [4.69, 9.17) is 5.11 Å². The average molecular weight is 212 g/mol. The maximum atomic E-state index is 12.4. The van der Waals surface area contributed by atoms with Crippen LogP contribution in [0.2, 0.25) is 0 Å². The number of aromatic carboxylic acids is 1. The van der Waals surface area contributed by atoms with E-state index in [0.717, 1.165) is 0 Å². The summed E-state index contributed by atoms with van der Waals surface area (Å²) in [6.07, 6.45) is -2.70. The summed E-state index contributed by atoms with van der Waals surface area (Å²) < 4.78 is 24.9. The highest BCUT2D eigenvalue weighted by Gasteiger charge is 2.18. The van der Waals surface area contributed by atoms with Gasteiger partial charge in [0.2, 0.25) is 0 Å². The number of benzene rings is 1. The Bertz CT molecular complexity index is 522. The van der Waals surface area contributed by atoms with Crippen LogP contribution in [-0.4, -0.2) is 21.3 Å². The second-order valence-electron chi connectivity index (χ2n) is 2.94. The molecule has 0 amide bonds. The Hall–Kier alpha value is -1.98. The highest BCUT2D eigenvalue weighted by Crippen LogP contribution is 2.26. The fraction of sp³-hybridized carbons (Fsp3) is 0.111. The standard InChI is InChI=1S/C9H6F2N2O2/c10-8(11)7-4-2-1-3-5(9(14)15)6(4)12-13-7/h1-3,8H,(H,12,13)(H,14,15). The zero-order chi connectivity index (χ0) is 11.0. The molecule has 1 aromatic carbocycles. The molecule has 1 aromatic heterocycles. The highest BCUT2D eigenvalue weighted by atomic mass is 19.3. The molecular weight excluding hydrogens is 206 g/mol. The maximum absolute atomic E-state index is 12.4. The lowest BCUT2D eigenvalue weighted by Gasteiger charge is -1.96. The molecule has 78 valence electrons. The Morgan fingerprint density at radius 2 is 2.20 bits per heavy atom. The molecule has 2 rings (SSSR count). The molecule has 0 spiro atoms. The van der Waals surface area contributed by atoms with Crippen LogP contribution in [0.5, 0.6) is 0 Å². The maximum Gasteiger partial charge on any atom is 0.337 e. The van der Waals surface area contributed by atoms with E-state index in [1.807, 2.05) is 0 Å². The Labute approximate surface area is 82.5 Å². The third-order valence-electron chi connectivity index (χ3n) is 2.06. The summed E-state index contributed by atoms with van der Waals surface area (Å²) in [5.74, 6) is -1.19. The van der Waals surface area contributed by atoms with Crippen molar-refractivity contribution in [2.45, 2.75) is 6.43 Å². The summed E-state index contributed by atoms with van der Waals surface area (Å²) in [5.41, 5.74) is -0.385. The first kappa shape index (κ1) is 9.57. The SMILES string of the molecule is O=C(O)c1cccc2c(C(F)F)[nH]nc12. The van der Waals surface area contributed by atoms with Crippen molar-refractivity contribution in [1.82, 2.24) is 10.2 Å². The number of aromatic amines is 1. The number of fused-ring (bicyclic) bond motifs is 1. The number of hydrogen-bond acceptors (Lipinski definition) is 2. The van der Waals surface area contributed by atoms with Crippen LogP contribution in [0.25, 0.3) is 10.9 Å². The Balaban J connectivity index is 2.74. The summed E-state index contributed by atoms with van der Waals surface area (Å²) in [6.45, 7) is 0. The number of rotatable bonds is 2. The number of carboxylic acid groups (broad SMARTS) is 1. The molecule has 0 unspecified atom stereocenters. The number of halogens is 2. The summed E-state index contributed by atoms with van der Waals surface area (Å²) in [7, 11) is 0. The Morgan fingerprint density at radius 1 is 1.47 bits per heavy atom. The van der Waals surface area contributed by atoms with Gasteiger partial charge in [0.1, 0.15) is 11.2 Å². The molecule has 2 aromatic rings. The van der Waals surface area contributed by atoms with Crippen molar-refractivity contribution in [2.75, 3.05) is 0 Å². The lowest BCUT2D eigenvalue weighted by atomic mass is 10.1. The summed E-state index contributed by atoms with van der Waals surface area (Å²) >= 11 is 0. The zero-order valence-electron chi connectivity index (χ0n) is 7.37. The average Bonchev–Trinajstić information content (AvgIpc) is 2.59. The first-order valence-electron chi connectivity index (χ1n) is 4.09. The molecule has 0 aliphatic rings. The molecule has 0 saturated carbocycles. The number of nitrogens with zero attached hydrogens (tertiary/aromatic N) is 1. The van der Waals surface area contributed by atoms with Crippen LogP contribution < -0.4 is 0 Å². The van der Waals surface area contributed by atoms with E-state index in [-0.39, 0.29) is 22.2 Å². The quantitative estimate of drug-likeness (QED) is 0.801. The van der Waals surface area contributed by atoms with Crippen LogP contribution in [0.4, 0.5) is 8.78 Å². The van der Waals surface area contributed by atoms with Crippen molar-refractivity contribution in [1.29, 1.82) is 0 Å². The van der Waals surface area contributed by atoms with Gasteiger partial charge >= 0.3 is 5.97 Å². The molecule has 0 atom stereocenters. The van der Waals surface area contributed by atoms with Crippen molar-refractivity contribution in [3.05, 3.63) is 29.5 Å². The fourth-order valence-corrected chi connectivity index (χ4v) is 1.40. The third kappa shape index (κ3) is 1.43. The second-order valence-corrected chi connectivity index (χ2v) is 2.94. The van der Waals surface area contributed by atoms with Gasteiger partial charge in [-0.2, -0.15) is 5.10 Å². The third-order valence-corrected chi connectivity index (χ3v) is 2.06. The topological polar surface area (TPSA) is 66.0 Å². The Kier molecular flexibility index (Phi) is 2.11. The number of carboxylic acids is 1. The van der Waals surface area contributed by atoms with E-state index in [9.17, 15) is 13.6 Å². The smallest absolute Gasteiger partial charge is 0.337 e. The normalized spacial score (nSPS) is 11.1. The van der Waals surface area contributed by atoms with Gasteiger partial charge in [0.15, 0.2) is 0 Å². The number of nitrogens with one attached hydrogen (secondary N) is 1. The molecule has 1 heterocycles. The van der Waals surface area contributed by atoms with Gasteiger partial charge in [-0.3, -0.25) is 5.10 Å². The van der Waals surface area contributed by atoms with Crippen molar-refractivity contribution in [3.63, 3.8) is 0 Å². The number of hydrogen-bond donors (Lipinski definition) is 2. The number of H-pyrrole nitrogens is 1. The van der Waals surface area contributed by atoms with Gasteiger partial charge in [0, 0.05) is 5.39 Å². The molecule has 15 heavy (non-hydrogen) atoms. The number of carbonyl (C=O) groups is 1. The first-order valence-corrected chi connectivity index (χ1v) is 4.09. The molecule has 0 aliphatic heterocycles. The van der Waals surface area contributed by atoms with Crippen LogP contribution in [0.3, 0.4) is 0 Å². The van der Waals surface area contributed by atoms with Crippen molar-refractivity contribution in [2.24, 2.45) is 0 Å². The zero-order valence-corrected chi connectivity index (χ0v) is 7.37. The van der Waals surface area contributed by atoms with Crippen LogP contribution in [0, 0.1) is 0 Å². The van der Waals surface area contributed by atoms with Crippen molar-refractivity contribution >= 4 is 16.9 Å². The van der Waals surface area contributed by atoms with E-state index >= 15 is 0 Å². The molecule has 6 heteroatoms. The van der Waals surface area contributed by atoms with Crippen molar-refractivity contribution in [3.8, 4) is 0 Å². The van der Waals surface area contributed by atoms with Gasteiger partial charge in [0.05, 0.1) is 5.56 Å². The van der Waals surface area contributed by atoms with E-state index in [0.29, 0.717) is 0 Å². The largest absolute Gasteiger partial charge is 0.478 e. The van der Waals surface area contributed by atoms with Gasteiger partial charge in [-0.05, 0) is 6.07 Å². The van der Waals surface area contributed by atoms with Gasteiger partial charge in [-0.15, -0.1) is 0 Å². The van der Waals surface area contributed by atoms with E-state index in [1.165, 1.54) is 18.2 Å². The molecule has 0 fully saturated rings. The molecule has 2 N–H and O–H groups in total. The molecule has 0 aliphatic carbocycles. The number of alkyl halides is 2. The van der Waals surface area contributed by atoms with Gasteiger partial charge in [0.25, 0.3) is 6.43 Å². The first-order chi connectivity index (χ1) is 7.11. The molecular formula is C9H6F2N2O2. The molecule has 4 nitrogen and oxygen atoms in total. The van der Waals surface area contributed by atoms with E-state index in [2.05, 4.69) is 10.2 Å². The number of para-hydroxylation sites is 1. The monoisotopic (exact) mass is 212 g/mol. The lowest BCUT2D eigenvalue weighted by molar-refractivity contribution is 0.0698. The predicted molar refractivity (Wildman–Crippen MR) is 48.0 cm³/mol. The molecule has 0 saturated heterocycles. The number of aromatic nitrogens is 2. The minimum Gasteiger partial charge on any atom is -0.478 e. The van der Waals surface area contributed by atoms with Crippen LogP contribution in [0.1, 0.15) is 22.5 Å². The van der Waals surface area contributed by atoms with E-state index < -0.39 is 12.4 Å². The summed E-state index contributed by atoms with van der Waals surface area (Å²) in [5, 5.41) is 14.7. The summed E-state index contributed by atoms with van der Waals surface area (Å²) in [4.78, 5) is 10.8. The summed E-state index contributed by atoms with van der Waals surface area (Å²) in [6, 6.07) is 4.14. The van der Waals surface area contributed by atoms with Crippen LogP contribution in [0.15, 0.2) is 18.2 Å².